The minimum atomic E-state index is 0.524. The maximum atomic E-state index is 5.48. The topological polar surface area (TPSA) is 64.9 Å². The Balaban J connectivity index is 1.88. The van der Waals surface area contributed by atoms with Crippen molar-refractivity contribution in [3.05, 3.63) is 11.7 Å². The van der Waals surface area contributed by atoms with Crippen LogP contribution in [0.1, 0.15) is 69.5 Å². The first-order valence-electron chi connectivity index (χ1n) is 7.36. The van der Waals surface area contributed by atoms with Crippen molar-refractivity contribution < 1.29 is 4.52 Å². The molecule has 2 rings (SSSR count). The third kappa shape index (κ3) is 3.55. The Hall–Kier alpha value is -0.900. The molecule has 0 aliphatic heterocycles. The van der Waals surface area contributed by atoms with Gasteiger partial charge in [0.15, 0.2) is 5.82 Å². The summed E-state index contributed by atoms with van der Waals surface area (Å²) in [4.78, 5) is 4.56. The highest BCUT2D eigenvalue weighted by Gasteiger charge is 2.25. The van der Waals surface area contributed by atoms with E-state index in [-0.39, 0.29) is 0 Å². The molecule has 1 aromatic heterocycles. The second kappa shape index (κ2) is 6.88. The fourth-order valence-corrected chi connectivity index (χ4v) is 2.85. The van der Waals surface area contributed by atoms with Crippen LogP contribution >= 0.6 is 0 Å². The van der Waals surface area contributed by atoms with Gasteiger partial charge in [-0.15, -0.1) is 0 Å². The zero-order chi connectivity index (χ0) is 12.8. The molecular weight excluding hydrogens is 226 g/mol. The minimum Gasteiger partial charge on any atom is -0.339 e. The molecule has 0 spiro atoms. The summed E-state index contributed by atoms with van der Waals surface area (Å²) in [6.45, 7) is 3.02. The highest BCUT2D eigenvalue weighted by Crippen LogP contribution is 2.36. The Kier molecular flexibility index (Phi) is 5.17. The molecule has 0 amide bonds. The van der Waals surface area contributed by atoms with Crippen LogP contribution in [0, 0.1) is 5.92 Å². The average molecular weight is 251 g/mol. The van der Waals surface area contributed by atoms with Gasteiger partial charge in [0, 0.05) is 12.3 Å². The second-order valence-corrected chi connectivity index (χ2v) is 5.43. The van der Waals surface area contributed by atoms with E-state index in [0.29, 0.717) is 5.92 Å². The standard InChI is InChI=1S/C14H25N3O/c1-2-11-6-5-7-12(10-11)14-16-13(18-17-14)8-3-4-9-15/h11-12H,2-10,15H2,1H3. The van der Waals surface area contributed by atoms with Crippen molar-refractivity contribution in [2.45, 2.75) is 64.2 Å². The van der Waals surface area contributed by atoms with Crippen molar-refractivity contribution in [1.29, 1.82) is 0 Å². The lowest BCUT2D eigenvalue weighted by Gasteiger charge is -2.26. The van der Waals surface area contributed by atoms with Crippen LogP contribution in [-0.4, -0.2) is 16.7 Å². The molecule has 0 radical (unpaired) electrons. The van der Waals surface area contributed by atoms with E-state index in [1.165, 1.54) is 32.1 Å². The van der Waals surface area contributed by atoms with Crippen molar-refractivity contribution in [3.8, 4) is 0 Å². The van der Waals surface area contributed by atoms with Crippen LogP contribution in [0.4, 0.5) is 0 Å². The van der Waals surface area contributed by atoms with E-state index in [2.05, 4.69) is 17.1 Å². The number of nitrogens with zero attached hydrogens (tertiary/aromatic N) is 2. The molecule has 2 atom stereocenters. The van der Waals surface area contributed by atoms with Gasteiger partial charge in [0.2, 0.25) is 5.89 Å². The lowest BCUT2D eigenvalue weighted by molar-refractivity contribution is 0.298. The Bertz CT molecular complexity index is 351. The third-order valence-corrected chi connectivity index (χ3v) is 4.05. The van der Waals surface area contributed by atoms with Gasteiger partial charge >= 0.3 is 0 Å². The quantitative estimate of drug-likeness (QED) is 0.789. The SMILES string of the molecule is CCC1CCCC(c2noc(CCCCN)n2)C1. The van der Waals surface area contributed by atoms with E-state index < -0.39 is 0 Å². The van der Waals surface area contributed by atoms with Crippen LogP contribution in [0.2, 0.25) is 0 Å². The van der Waals surface area contributed by atoms with Gasteiger partial charge in [-0.1, -0.05) is 31.3 Å². The number of rotatable bonds is 6. The molecule has 1 heterocycles. The van der Waals surface area contributed by atoms with Crippen molar-refractivity contribution in [1.82, 2.24) is 10.1 Å². The normalized spacial score (nSPS) is 24.3. The molecule has 18 heavy (non-hydrogen) atoms. The van der Waals surface area contributed by atoms with E-state index >= 15 is 0 Å². The first kappa shape index (κ1) is 13.5. The molecule has 0 bridgehead atoms. The molecule has 1 aliphatic carbocycles. The zero-order valence-electron chi connectivity index (χ0n) is 11.4. The Morgan fingerprint density at radius 1 is 1.33 bits per heavy atom. The summed E-state index contributed by atoms with van der Waals surface area (Å²) in [5, 5.41) is 4.17. The third-order valence-electron chi connectivity index (χ3n) is 4.05. The minimum absolute atomic E-state index is 0.524. The van der Waals surface area contributed by atoms with E-state index in [4.69, 9.17) is 10.3 Å². The molecule has 2 unspecified atom stereocenters. The van der Waals surface area contributed by atoms with E-state index in [9.17, 15) is 0 Å². The monoisotopic (exact) mass is 251 g/mol. The van der Waals surface area contributed by atoms with E-state index in [1.807, 2.05) is 0 Å². The lowest BCUT2D eigenvalue weighted by atomic mass is 9.80. The summed E-state index contributed by atoms with van der Waals surface area (Å²) in [5.41, 5.74) is 5.48. The Morgan fingerprint density at radius 3 is 3.00 bits per heavy atom. The Morgan fingerprint density at radius 2 is 2.22 bits per heavy atom. The van der Waals surface area contributed by atoms with Gasteiger partial charge in [0.25, 0.3) is 0 Å². The summed E-state index contributed by atoms with van der Waals surface area (Å²) < 4.78 is 5.33. The number of hydrogen-bond donors (Lipinski definition) is 1. The van der Waals surface area contributed by atoms with Gasteiger partial charge in [0.05, 0.1) is 0 Å². The van der Waals surface area contributed by atoms with Gasteiger partial charge in [-0.2, -0.15) is 4.98 Å². The van der Waals surface area contributed by atoms with Gasteiger partial charge in [-0.3, -0.25) is 0 Å². The molecular formula is C14H25N3O. The molecule has 1 saturated carbocycles. The largest absolute Gasteiger partial charge is 0.339 e. The fraction of sp³-hybridized carbons (Fsp3) is 0.857. The summed E-state index contributed by atoms with van der Waals surface area (Å²) in [5.74, 6) is 3.10. The number of unbranched alkanes of at least 4 members (excludes halogenated alkanes) is 1. The lowest BCUT2D eigenvalue weighted by Crippen LogP contribution is -2.14. The number of nitrogens with two attached hydrogens (primary N) is 1. The molecule has 102 valence electrons. The molecule has 2 N–H and O–H groups in total. The highest BCUT2D eigenvalue weighted by atomic mass is 16.5. The molecule has 1 aliphatic rings. The van der Waals surface area contributed by atoms with Crippen molar-refractivity contribution in [3.63, 3.8) is 0 Å². The molecule has 1 fully saturated rings. The maximum absolute atomic E-state index is 5.48. The van der Waals surface area contributed by atoms with Crippen LogP contribution in [-0.2, 0) is 6.42 Å². The van der Waals surface area contributed by atoms with Crippen LogP contribution in [0.15, 0.2) is 4.52 Å². The maximum Gasteiger partial charge on any atom is 0.226 e. The van der Waals surface area contributed by atoms with E-state index in [1.54, 1.807) is 0 Å². The van der Waals surface area contributed by atoms with Gasteiger partial charge in [0.1, 0.15) is 0 Å². The second-order valence-electron chi connectivity index (χ2n) is 5.43. The average Bonchev–Trinajstić information content (AvgIpc) is 2.88. The summed E-state index contributed by atoms with van der Waals surface area (Å²) >= 11 is 0. The molecule has 0 aromatic carbocycles. The van der Waals surface area contributed by atoms with Crippen LogP contribution in [0.5, 0.6) is 0 Å². The highest BCUT2D eigenvalue weighted by molar-refractivity contribution is 4.98. The van der Waals surface area contributed by atoms with Crippen molar-refractivity contribution in [2.75, 3.05) is 6.54 Å². The zero-order valence-corrected chi connectivity index (χ0v) is 11.4. The summed E-state index contributed by atoms with van der Waals surface area (Å²) in [7, 11) is 0. The van der Waals surface area contributed by atoms with E-state index in [0.717, 1.165) is 43.4 Å². The molecule has 1 aromatic rings. The van der Waals surface area contributed by atoms with Crippen molar-refractivity contribution in [2.24, 2.45) is 11.7 Å². The van der Waals surface area contributed by atoms with Crippen LogP contribution < -0.4 is 5.73 Å². The Labute approximate surface area is 109 Å². The smallest absolute Gasteiger partial charge is 0.226 e. The van der Waals surface area contributed by atoms with Gasteiger partial charge < -0.3 is 10.3 Å². The molecule has 0 saturated heterocycles. The molecule has 4 heteroatoms. The molecule has 4 nitrogen and oxygen atoms in total. The van der Waals surface area contributed by atoms with Gasteiger partial charge in [-0.25, -0.2) is 0 Å². The summed E-state index contributed by atoms with van der Waals surface area (Å²) in [6, 6.07) is 0. The number of aromatic nitrogens is 2. The van der Waals surface area contributed by atoms with Crippen molar-refractivity contribution >= 4 is 0 Å². The fourth-order valence-electron chi connectivity index (χ4n) is 2.85. The number of hydrogen-bond acceptors (Lipinski definition) is 4. The first-order valence-corrected chi connectivity index (χ1v) is 7.36. The number of aryl methyl sites for hydroxylation is 1. The van der Waals surface area contributed by atoms with Gasteiger partial charge in [-0.05, 0) is 38.1 Å². The first-order chi connectivity index (χ1) is 8.83. The predicted octanol–water partition coefficient (Wildman–Crippen LogP) is 3.03. The van der Waals surface area contributed by atoms with Crippen LogP contribution in [0.25, 0.3) is 0 Å². The predicted molar refractivity (Wildman–Crippen MR) is 71.3 cm³/mol. The summed E-state index contributed by atoms with van der Waals surface area (Å²) in [6.07, 6.45) is 9.34. The van der Waals surface area contributed by atoms with Crippen LogP contribution in [0.3, 0.4) is 0 Å².